The first-order valence-electron chi connectivity index (χ1n) is 7.43. The van der Waals surface area contributed by atoms with Crippen LogP contribution in [0.4, 0.5) is 10.1 Å². The number of anilines is 1. The first-order valence-corrected chi connectivity index (χ1v) is 7.43. The minimum atomic E-state index is -0.333. The van der Waals surface area contributed by atoms with Gasteiger partial charge >= 0.3 is 0 Å². The van der Waals surface area contributed by atoms with Gasteiger partial charge in [0.15, 0.2) is 0 Å². The molecule has 2 rings (SSSR count). The Labute approximate surface area is 135 Å². The molecule has 0 aliphatic heterocycles. The van der Waals surface area contributed by atoms with E-state index in [1.54, 1.807) is 13.2 Å². The van der Waals surface area contributed by atoms with Crippen molar-refractivity contribution in [2.45, 2.75) is 19.9 Å². The van der Waals surface area contributed by atoms with Gasteiger partial charge in [0.2, 0.25) is 5.91 Å². The fourth-order valence-electron chi connectivity index (χ4n) is 2.35. The topological polar surface area (TPSA) is 50.4 Å². The number of para-hydroxylation sites is 1. The minimum Gasteiger partial charge on any atom is -0.496 e. The Morgan fingerprint density at radius 1 is 1.26 bits per heavy atom. The molecule has 0 aromatic heterocycles. The molecule has 0 aliphatic carbocycles. The molecule has 1 amide bonds. The van der Waals surface area contributed by atoms with Crippen LogP contribution in [0, 0.1) is 12.7 Å². The standard InChI is InChI=1S/C18H21FN2O2/c1-12-8-9-14(19)10-16(12)20-11-18(22)21-13(2)15-6-4-5-7-17(15)23-3/h4-10,13,20H,11H2,1-3H3,(H,21,22). The quantitative estimate of drug-likeness (QED) is 0.858. The Bertz CT molecular complexity index is 688. The van der Waals surface area contributed by atoms with Crippen molar-refractivity contribution >= 4 is 11.6 Å². The number of hydrogen-bond donors (Lipinski definition) is 2. The Morgan fingerprint density at radius 2 is 2.00 bits per heavy atom. The van der Waals surface area contributed by atoms with Crippen molar-refractivity contribution in [3.63, 3.8) is 0 Å². The summed E-state index contributed by atoms with van der Waals surface area (Å²) in [5.41, 5.74) is 2.41. The summed E-state index contributed by atoms with van der Waals surface area (Å²) < 4.78 is 18.5. The summed E-state index contributed by atoms with van der Waals surface area (Å²) in [6, 6.07) is 11.8. The molecule has 2 aromatic rings. The second kappa shape index (κ2) is 7.63. The van der Waals surface area contributed by atoms with Crippen molar-refractivity contribution in [2.75, 3.05) is 19.0 Å². The molecular formula is C18H21FN2O2. The van der Waals surface area contributed by atoms with Gasteiger partial charge in [0.1, 0.15) is 11.6 Å². The van der Waals surface area contributed by atoms with Crippen LogP contribution < -0.4 is 15.4 Å². The van der Waals surface area contributed by atoms with Gasteiger partial charge in [-0.3, -0.25) is 4.79 Å². The molecule has 5 heteroatoms. The summed E-state index contributed by atoms with van der Waals surface area (Å²) in [6.07, 6.45) is 0. The maximum atomic E-state index is 13.2. The van der Waals surface area contributed by atoms with Crippen LogP contribution >= 0.6 is 0 Å². The van der Waals surface area contributed by atoms with Crippen LogP contribution in [0.1, 0.15) is 24.1 Å². The third-order valence-electron chi connectivity index (χ3n) is 3.62. The van der Waals surface area contributed by atoms with E-state index in [4.69, 9.17) is 4.74 Å². The Balaban J connectivity index is 1.95. The highest BCUT2D eigenvalue weighted by molar-refractivity contribution is 5.81. The number of carbonyl (C=O) groups excluding carboxylic acids is 1. The van der Waals surface area contributed by atoms with E-state index >= 15 is 0 Å². The molecule has 0 fully saturated rings. The third-order valence-corrected chi connectivity index (χ3v) is 3.62. The molecule has 0 bridgehead atoms. The van der Waals surface area contributed by atoms with Crippen LogP contribution in [0.2, 0.25) is 0 Å². The van der Waals surface area contributed by atoms with E-state index in [1.807, 2.05) is 38.1 Å². The molecule has 1 atom stereocenters. The summed E-state index contributed by atoms with van der Waals surface area (Å²) in [5.74, 6) is 0.224. The van der Waals surface area contributed by atoms with E-state index in [1.165, 1.54) is 12.1 Å². The summed E-state index contributed by atoms with van der Waals surface area (Å²) in [7, 11) is 1.60. The lowest BCUT2D eigenvalue weighted by atomic mass is 10.1. The first kappa shape index (κ1) is 16.8. The van der Waals surface area contributed by atoms with Crippen molar-refractivity contribution in [2.24, 2.45) is 0 Å². The Hall–Kier alpha value is -2.56. The predicted octanol–water partition coefficient (Wildman–Crippen LogP) is 3.43. The van der Waals surface area contributed by atoms with Gasteiger partial charge < -0.3 is 15.4 Å². The average molecular weight is 316 g/mol. The van der Waals surface area contributed by atoms with Crippen LogP contribution in [0.15, 0.2) is 42.5 Å². The molecule has 1 unspecified atom stereocenters. The van der Waals surface area contributed by atoms with Crippen molar-refractivity contribution in [1.29, 1.82) is 0 Å². The maximum absolute atomic E-state index is 13.2. The zero-order valence-electron chi connectivity index (χ0n) is 13.5. The highest BCUT2D eigenvalue weighted by atomic mass is 19.1. The number of nitrogens with one attached hydrogen (secondary N) is 2. The summed E-state index contributed by atoms with van der Waals surface area (Å²) in [6.45, 7) is 3.82. The highest BCUT2D eigenvalue weighted by Crippen LogP contribution is 2.24. The zero-order chi connectivity index (χ0) is 16.8. The van der Waals surface area contributed by atoms with E-state index < -0.39 is 0 Å². The minimum absolute atomic E-state index is 0.0732. The van der Waals surface area contributed by atoms with Gasteiger partial charge in [0, 0.05) is 11.3 Å². The number of ether oxygens (including phenoxy) is 1. The summed E-state index contributed by atoms with van der Waals surface area (Å²) in [4.78, 5) is 12.1. The molecule has 0 spiro atoms. The van der Waals surface area contributed by atoms with Gasteiger partial charge in [-0.05, 0) is 37.6 Å². The summed E-state index contributed by atoms with van der Waals surface area (Å²) in [5, 5.41) is 5.86. The molecule has 0 heterocycles. The normalized spacial score (nSPS) is 11.7. The number of aryl methyl sites for hydroxylation is 1. The lowest BCUT2D eigenvalue weighted by Crippen LogP contribution is -2.32. The zero-order valence-corrected chi connectivity index (χ0v) is 13.5. The molecule has 0 aliphatic rings. The molecule has 0 saturated heterocycles. The van der Waals surface area contributed by atoms with Crippen molar-refractivity contribution in [1.82, 2.24) is 5.32 Å². The lowest BCUT2D eigenvalue weighted by molar-refractivity contribution is -0.120. The van der Waals surface area contributed by atoms with Gasteiger partial charge in [-0.15, -0.1) is 0 Å². The number of amides is 1. The summed E-state index contributed by atoms with van der Waals surface area (Å²) >= 11 is 0. The molecule has 4 nitrogen and oxygen atoms in total. The highest BCUT2D eigenvalue weighted by Gasteiger charge is 2.13. The maximum Gasteiger partial charge on any atom is 0.239 e. The Morgan fingerprint density at radius 3 is 2.74 bits per heavy atom. The molecule has 2 N–H and O–H groups in total. The van der Waals surface area contributed by atoms with E-state index in [0.717, 1.165) is 16.9 Å². The predicted molar refractivity (Wildman–Crippen MR) is 89.2 cm³/mol. The van der Waals surface area contributed by atoms with Gasteiger partial charge in [0.05, 0.1) is 19.7 Å². The molecule has 23 heavy (non-hydrogen) atoms. The number of halogens is 1. The fraction of sp³-hybridized carbons (Fsp3) is 0.278. The number of benzene rings is 2. The number of hydrogen-bond acceptors (Lipinski definition) is 3. The second-order valence-corrected chi connectivity index (χ2v) is 5.34. The van der Waals surface area contributed by atoms with Crippen molar-refractivity contribution < 1.29 is 13.9 Å². The number of carbonyl (C=O) groups is 1. The van der Waals surface area contributed by atoms with Gasteiger partial charge in [-0.1, -0.05) is 24.3 Å². The number of rotatable bonds is 6. The van der Waals surface area contributed by atoms with Gasteiger partial charge in [-0.2, -0.15) is 0 Å². The fourth-order valence-corrected chi connectivity index (χ4v) is 2.35. The van der Waals surface area contributed by atoms with E-state index in [2.05, 4.69) is 10.6 Å². The van der Waals surface area contributed by atoms with Crippen LogP contribution in [0.5, 0.6) is 5.75 Å². The molecular weight excluding hydrogens is 295 g/mol. The first-order chi connectivity index (χ1) is 11.0. The van der Waals surface area contributed by atoms with Gasteiger partial charge in [0.25, 0.3) is 0 Å². The monoisotopic (exact) mass is 316 g/mol. The van der Waals surface area contributed by atoms with E-state index in [-0.39, 0.29) is 24.3 Å². The largest absolute Gasteiger partial charge is 0.496 e. The van der Waals surface area contributed by atoms with Crippen molar-refractivity contribution in [3.05, 3.63) is 59.4 Å². The van der Waals surface area contributed by atoms with E-state index in [9.17, 15) is 9.18 Å². The van der Waals surface area contributed by atoms with Crippen LogP contribution in [0.3, 0.4) is 0 Å². The third kappa shape index (κ3) is 4.45. The average Bonchev–Trinajstić information content (AvgIpc) is 2.55. The smallest absolute Gasteiger partial charge is 0.239 e. The lowest BCUT2D eigenvalue weighted by Gasteiger charge is -2.18. The molecule has 122 valence electrons. The van der Waals surface area contributed by atoms with Crippen molar-refractivity contribution in [3.8, 4) is 5.75 Å². The van der Waals surface area contributed by atoms with Crippen LogP contribution in [0.25, 0.3) is 0 Å². The number of methoxy groups -OCH3 is 1. The van der Waals surface area contributed by atoms with E-state index in [0.29, 0.717) is 5.69 Å². The molecule has 2 aromatic carbocycles. The Kier molecular flexibility index (Phi) is 5.57. The van der Waals surface area contributed by atoms with Crippen LogP contribution in [-0.4, -0.2) is 19.6 Å². The molecule has 0 radical (unpaired) electrons. The second-order valence-electron chi connectivity index (χ2n) is 5.34. The van der Waals surface area contributed by atoms with Gasteiger partial charge in [-0.25, -0.2) is 4.39 Å². The molecule has 0 saturated carbocycles. The SMILES string of the molecule is COc1ccccc1C(C)NC(=O)CNc1cc(F)ccc1C. The van der Waals surface area contributed by atoms with Crippen LogP contribution in [-0.2, 0) is 4.79 Å².